The Labute approximate surface area is 122 Å². The highest BCUT2D eigenvalue weighted by atomic mass is 35.5. The van der Waals surface area contributed by atoms with E-state index < -0.39 is 0 Å². The summed E-state index contributed by atoms with van der Waals surface area (Å²) < 4.78 is 0. The first-order valence-corrected chi connectivity index (χ1v) is 5.71. The van der Waals surface area contributed by atoms with Crippen molar-refractivity contribution in [2.75, 3.05) is 11.2 Å². The molecule has 0 heterocycles. The highest BCUT2D eigenvalue weighted by Crippen LogP contribution is 2.15. The molecule has 0 aliphatic carbocycles. The third-order valence-corrected chi connectivity index (χ3v) is 2.68. The molecule has 0 aromatic heterocycles. The lowest BCUT2D eigenvalue weighted by molar-refractivity contribution is 0.0963. The molecule has 19 heavy (non-hydrogen) atoms. The Morgan fingerprint density at radius 1 is 1.05 bits per heavy atom. The number of amides is 1. The van der Waals surface area contributed by atoms with E-state index >= 15 is 0 Å². The number of anilines is 2. The molecular weight excluding hydrogens is 285 g/mol. The fourth-order valence-corrected chi connectivity index (χ4v) is 1.63. The summed E-state index contributed by atoms with van der Waals surface area (Å²) in [6.45, 7) is 0. The predicted octanol–water partition coefficient (Wildman–Crippen LogP) is 3.10. The number of nitrogen functional groups attached to an aromatic ring is 1. The fourth-order valence-electron chi connectivity index (χ4n) is 1.41. The first kappa shape index (κ1) is 15.1. The van der Waals surface area contributed by atoms with Crippen molar-refractivity contribution >= 4 is 41.3 Å². The molecule has 4 nitrogen and oxygen atoms in total. The summed E-state index contributed by atoms with van der Waals surface area (Å²) in [6, 6.07) is 13.9. The molecule has 1 amide bonds. The second-order valence-corrected chi connectivity index (χ2v) is 4.09. The second kappa shape index (κ2) is 6.87. The Balaban J connectivity index is 0.00000180. The van der Waals surface area contributed by atoms with Crippen LogP contribution in [-0.4, -0.2) is 5.91 Å². The van der Waals surface area contributed by atoms with Crippen LogP contribution in [0.1, 0.15) is 10.4 Å². The molecular formula is C13H13Cl2N3O. The number of nitrogens with two attached hydrogens (primary N) is 1. The molecule has 100 valence electrons. The smallest absolute Gasteiger partial charge is 0.271 e. The van der Waals surface area contributed by atoms with Gasteiger partial charge in [-0.2, -0.15) is 0 Å². The van der Waals surface area contributed by atoms with E-state index in [2.05, 4.69) is 10.9 Å². The molecule has 0 aliphatic heterocycles. The van der Waals surface area contributed by atoms with Crippen molar-refractivity contribution in [3.05, 3.63) is 59.1 Å². The number of rotatable bonds is 3. The molecule has 2 aromatic rings. The lowest BCUT2D eigenvalue weighted by atomic mass is 10.2. The number of benzene rings is 2. The van der Waals surface area contributed by atoms with Crippen molar-refractivity contribution in [3.63, 3.8) is 0 Å². The van der Waals surface area contributed by atoms with Gasteiger partial charge in [0.25, 0.3) is 5.91 Å². The largest absolute Gasteiger partial charge is 0.399 e. The zero-order valence-electron chi connectivity index (χ0n) is 9.89. The van der Waals surface area contributed by atoms with Gasteiger partial charge in [0.1, 0.15) is 0 Å². The molecule has 0 radical (unpaired) electrons. The average Bonchev–Trinajstić information content (AvgIpc) is 2.38. The number of hydrazine groups is 1. The molecule has 0 atom stereocenters. The summed E-state index contributed by atoms with van der Waals surface area (Å²) in [5.74, 6) is -0.294. The van der Waals surface area contributed by atoms with E-state index in [1.165, 1.54) is 0 Å². The Morgan fingerprint density at radius 2 is 1.68 bits per heavy atom. The number of carbonyl (C=O) groups excluding carboxylic acids is 1. The zero-order chi connectivity index (χ0) is 13.0. The summed E-state index contributed by atoms with van der Waals surface area (Å²) in [4.78, 5) is 11.8. The lowest BCUT2D eigenvalue weighted by Crippen LogP contribution is -2.29. The van der Waals surface area contributed by atoms with Crippen molar-refractivity contribution < 1.29 is 4.79 Å². The van der Waals surface area contributed by atoms with Gasteiger partial charge in [0.2, 0.25) is 0 Å². The number of carbonyl (C=O) groups is 1. The lowest BCUT2D eigenvalue weighted by Gasteiger charge is -2.09. The molecule has 0 spiro atoms. The first-order valence-electron chi connectivity index (χ1n) is 5.33. The monoisotopic (exact) mass is 297 g/mol. The van der Waals surface area contributed by atoms with Crippen LogP contribution in [0.4, 0.5) is 11.4 Å². The fraction of sp³-hybridized carbons (Fsp3) is 0. The van der Waals surface area contributed by atoms with Gasteiger partial charge >= 0.3 is 0 Å². The summed E-state index contributed by atoms with van der Waals surface area (Å²) in [6.07, 6.45) is 0. The average molecular weight is 298 g/mol. The standard InChI is InChI=1S/C13H12ClN3O.ClH/c14-12-4-2-1-3-11(12)13(18)17-16-10-7-5-9(15)6-8-10;/h1-8,16H,15H2,(H,17,18);1H. The van der Waals surface area contributed by atoms with Crippen LogP contribution >= 0.6 is 24.0 Å². The third-order valence-electron chi connectivity index (χ3n) is 2.35. The van der Waals surface area contributed by atoms with Gasteiger partial charge in [-0.15, -0.1) is 12.4 Å². The number of hydrogen-bond donors (Lipinski definition) is 3. The summed E-state index contributed by atoms with van der Waals surface area (Å²) in [7, 11) is 0. The van der Waals surface area contributed by atoms with Crippen LogP contribution in [0.5, 0.6) is 0 Å². The highest BCUT2D eigenvalue weighted by Gasteiger charge is 2.08. The van der Waals surface area contributed by atoms with Gasteiger partial charge in [0, 0.05) is 5.69 Å². The molecule has 4 N–H and O–H groups in total. The van der Waals surface area contributed by atoms with Gasteiger partial charge in [-0.05, 0) is 36.4 Å². The van der Waals surface area contributed by atoms with E-state index in [1.807, 2.05) is 0 Å². The van der Waals surface area contributed by atoms with Crippen LogP contribution in [0.2, 0.25) is 5.02 Å². The van der Waals surface area contributed by atoms with E-state index in [-0.39, 0.29) is 18.3 Å². The van der Waals surface area contributed by atoms with Crippen LogP contribution in [-0.2, 0) is 0 Å². The van der Waals surface area contributed by atoms with Gasteiger partial charge < -0.3 is 5.73 Å². The van der Waals surface area contributed by atoms with Crippen molar-refractivity contribution in [1.29, 1.82) is 0 Å². The summed E-state index contributed by atoms with van der Waals surface area (Å²) in [5.41, 5.74) is 12.7. The van der Waals surface area contributed by atoms with E-state index in [4.69, 9.17) is 17.3 Å². The van der Waals surface area contributed by atoms with Crippen LogP contribution < -0.4 is 16.6 Å². The minimum atomic E-state index is -0.294. The third kappa shape index (κ3) is 4.05. The van der Waals surface area contributed by atoms with E-state index in [9.17, 15) is 4.79 Å². The van der Waals surface area contributed by atoms with Crippen molar-refractivity contribution in [2.24, 2.45) is 0 Å². The van der Waals surface area contributed by atoms with Crippen LogP contribution in [0, 0.1) is 0 Å². The van der Waals surface area contributed by atoms with Crippen LogP contribution in [0.3, 0.4) is 0 Å². The van der Waals surface area contributed by atoms with E-state index in [0.29, 0.717) is 16.3 Å². The molecule has 2 aromatic carbocycles. The topological polar surface area (TPSA) is 67.2 Å². The van der Waals surface area contributed by atoms with Crippen molar-refractivity contribution in [2.45, 2.75) is 0 Å². The summed E-state index contributed by atoms with van der Waals surface area (Å²) >= 11 is 5.92. The molecule has 0 saturated carbocycles. The quantitative estimate of drug-likeness (QED) is 0.602. The molecule has 0 saturated heterocycles. The highest BCUT2D eigenvalue weighted by molar-refractivity contribution is 6.33. The maximum atomic E-state index is 11.8. The Bertz CT molecular complexity index is 558. The zero-order valence-corrected chi connectivity index (χ0v) is 11.5. The molecule has 0 fully saturated rings. The molecule has 0 aliphatic rings. The molecule has 6 heteroatoms. The SMILES string of the molecule is Cl.Nc1ccc(NNC(=O)c2ccccc2Cl)cc1. The molecule has 2 rings (SSSR count). The number of nitrogens with one attached hydrogen (secondary N) is 2. The van der Waals surface area contributed by atoms with Crippen LogP contribution in [0.25, 0.3) is 0 Å². The van der Waals surface area contributed by atoms with Gasteiger partial charge in [0.15, 0.2) is 0 Å². The van der Waals surface area contributed by atoms with Crippen molar-refractivity contribution in [3.8, 4) is 0 Å². The van der Waals surface area contributed by atoms with Crippen molar-refractivity contribution in [1.82, 2.24) is 5.43 Å². The van der Waals surface area contributed by atoms with E-state index in [0.717, 1.165) is 5.69 Å². The minimum absolute atomic E-state index is 0. The van der Waals surface area contributed by atoms with Gasteiger partial charge in [-0.25, -0.2) is 0 Å². The Hall–Kier alpha value is -1.91. The molecule has 0 bridgehead atoms. The second-order valence-electron chi connectivity index (χ2n) is 3.68. The minimum Gasteiger partial charge on any atom is -0.399 e. The number of halogens is 2. The summed E-state index contributed by atoms with van der Waals surface area (Å²) in [5, 5.41) is 0.411. The van der Waals surface area contributed by atoms with Crippen LogP contribution in [0.15, 0.2) is 48.5 Å². The predicted molar refractivity (Wildman–Crippen MR) is 80.6 cm³/mol. The van der Waals surface area contributed by atoms with Gasteiger partial charge in [0.05, 0.1) is 16.3 Å². The Kier molecular flexibility index (Phi) is 5.48. The van der Waals surface area contributed by atoms with E-state index in [1.54, 1.807) is 48.5 Å². The Morgan fingerprint density at radius 3 is 2.32 bits per heavy atom. The van der Waals surface area contributed by atoms with Gasteiger partial charge in [-0.1, -0.05) is 23.7 Å². The first-order chi connectivity index (χ1) is 8.66. The molecule has 0 unspecified atom stereocenters. The normalized spacial score (nSPS) is 9.32. The number of hydrogen-bond acceptors (Lipinski definition) is 3. The maximum absolute atomic E-state index is 11.8. The maximum Gasteiger partial charge on any atom is 0.271 e. The van der Waals surface area contributed by atoms with Gasteiger partial charge in [-0.3, -0.25) is 15.6 Å².